The molecule has 0 aromatic heterocycles. The van der Waals surface area contributed by atoms with E-state index in [1.54, 1.807) is 6.07 Å². The fraction of sp³-hybridized carbons (Fsp3) is 0.455. The van der Waals surface area contributed by atoms with Crippen LogP contribution in [-0.4, -0.2) is 0 Å². The molecule has 0 atom stereocenters. The van der Waals surface area contributed by atoms with Gasteiger partial charge in [-0.2, -0.15) is 8.78 Å². The topological polar surface area (TPSA) is 0 Å². The molecule has 0 saturated heterocycles. The molecule has 7 heteroatoms. The molecule has 2 aromatic carbocycles. The first-order valence-electron chi connectivity index (χ1n) is 9.59. The monoisotopic (exact) mass is 417 g/mol. The van der Waals surface area contributed by atoms with E-state index in [1.165, 1.54) is 0 Å². The van der Waals surface area contributed by atoms with Crippen LogP contribution in [0.3, 0.4) is 0 Å². The van der Waals surface area contributed by atoms with E-state index in [1.807, 2.05) is 0 Å². The molecular weight excluding hydrogens is 397 g/mol. The molecule has 1 aliphatic carbocycles. The van der Waals surface area contributed by atoms with Gasteiger partial charge >= 0.3 is 5.92 Å². The summed E-state index contributed by atoms with van der Waals surface area (Å²) in [6, 6.07) is 3.38. The molecule has 1 aliphatic rings. The highest BCUT2D eigenvalue weighted by molar-refractivity contribution is 5.39. The van der Waals surface area contributed by atoms with Crippen LogP contribution in [-0.2, 0) is 5.92 Å². The van der Waals surface area contributed by atoms with Gasteiger partial charge in [-0.3, -0.25) is 0 Å². The Morgan fingerprint density at radius 3 is 2.03 bits per heavy atom. The van der Waals surface area contributed by atoms with Crippen molar-refractivity contribution < 1.29 is 30.7 Å². The first-order chi connectivity index (χ1) is 13.7. The van der Waals surface area contributed by atoms with Gasteiger partial charge in [0.25, 0.3) is 0 Å². The summed E-state index contributed by atoms with van der Waals surface area (Å²) in [5.41, 5.74) is -3.19. The smallest absolute Gasteiger partial charge is 0.206 e. The van der Waals surface area contributed by atoms with Gasteiger partial charge in [0.05, 0.1) is 11.1 Å². The molecule has 0 unspecified atom stereocenters. The van der Waals surface area contributed by atoms with Gasteiger partial charge in [-0.25, -0.2) is 22.0 Å². The van der Waals surface area contributed by atoms with Gasteiger partial charge < -0.3 is 0 Å². The van der Waals surface area contributed by atoms with Crippen molar-refractivity contribution in [2.24, 2.45) is 5.92 Å². The summed E-state index contributed by atoms with van der Waals surface area (Å²) in [6.45, 7) is 2.09. The lowest BCUT2D eigenvalue weighted by molar-refractivity contribution is 0.0296. The van der Waals surface area contributed by atoms with Crippen LogP contribution in [0.15, 0.2) is 18.2 Å². The first-order valence-corrected chi connectivity index (χ1v) is 9.59. The Morgan fingerprint density at radius 2 is 1.48 bits per heavy atom. The second kappa shape index (κ2) is 8.36. The zero-order valence-corrected chi connectivity index (χ0v) is 15.8. The molecule has 1 saturated carbocycles. The lowest BCUT2D eigenvalue weighted by Crippen LogP contribution is -2.23. The Hall–Kier alpha value is -2.05. The van der Waals surface area contributed by atoms with E-state index in [-0.39, 0.29) is 17.5 Å². The summed E-state index contributed by atoms with van der Waals surface area (Å²) in [5.74, 6) is -13.4. The first kappa shape index (κ1) is 21.7. The molecule has 0 amide bonds. The van der Waals surface area contributed by atoms with E-state index in [4.69, 9.17) is 0 Å². The van der Waals surface area contributed by atoms with Crippen molar-refractivity contribution in [2.45, 2.75) is 57.3 Å². The molecular formula is C22H20F7. The lowest BCUT2D eigenvalue weighted by atomic mass is 9.77. The van der Waals surface area contributed by atoms with E-state index in [0.717, 1.165) is 37.8 Å². The number of benzene rings is 2. The fourth-order valence-corrected chi connectivity index (χ4v) is 4.15. The van der Waals surface area contributed by atoms with Crippen LogP contribution < -0.4 is 0 Å². The molecule has 1 fully saturated rings. The van der Waals surface area contributed by atoms with E-state index in [0.29, 0.717) is 18.8 Å². The molecule has 0 bridgehead atoms. The Labute approximate surface area is 164 Å². The fourth-order valence-electron chi connectivity index (χ4n) is 4.15. The maximum Gasteiger partial charge on any atom is 0.307 e. The second-order valence-corrected chi connectivity index (χ2v) is 7.58. The normalized spacial score (nSPS) is 20.1. The third-order valence-corrected chi connectivity index (χ3v) is 5.67. The largest absolute Gasteiger partial charge is 0.307 e. The highest BCUT2D eigenvalue weighted by Crippen LogP contribution is 2.43. The Kier molecular flexibility index (Phi) is 6.24. The minimum Gasteiger partial charge on any atom is -0.206 e. The van der Waals surface area contributed by atoms with Gasteiger partial charge in [-0.1, -0.05) is 19.8 Å². The SMILES string of the molecule is CCC[C@H]1CC[C@H](c2cc(F)c(C(F)(F)c3[c]cc(F)c(F)c3F)c(F)c2)CC1. The lowest BCUT2D eigenvalue weighted by Gasteiger charge is -2.29. The second-order valence-electron chi connectivity index (χ2n) is 7.58. The summed E-state index contributed by atoms with van der Waals surface area (Å²) in [4.78, 5) is 0. The van der Waals surface area contributed by atoms with Gasteiger partial charge in [0, 0.05) is 0 Å². The number of hydrogen-bond acceptors (Lipinski definition) is 0. The molecule has 157 valence electrons. The number of alkyl halides is 2. The van der Waals surface area contributed by atoms with E-state index in [9.17, 15) is 30.7 Å². The molecule has 3 rings (SSSR count). The maximum atomic E-state index is 14.7. The van der Waals surface area contributed by atoms with Crippen LogP contribution in [0.1, 0.15) is 68.1 Å². The average molecular weight is 417 g/mol. The van der Waals surface area contributed by atoms with Crippen molar-refractivity contribution in [3.05, 3.63) is 70.0 Å². The summed E-state index contributed by atoms with van der Waals surface area (Å²) < 4.78 is 98.5. The predicted octanol–water partition coefficient (Wildman–Crippen LogP) is 7.40. The Bertz CT molecular complexity index is 860. The molecule has 2 aromatic rings. The van der Waals surface area contributed by atoms with Crippen molar-refractivity contribution in [3.8, 4) is 0 Å². The zero-order valence-electron chi connectivity index (χ0n) is 15.8. The zero-order chi connectivity index (χ0) is 21.3. The van der Waals surface area contributed by atoms with Gasteiger partial charge in [-0.15, -0.1) is 0 Å². The maximum absolute atomic E-state index is 14.7. The molecule has 1 radical (unpaired) electrons. The summed E-state index contributed by atoms with van der Waals surface area (Å²) in [6.07, 6.45) is 5.33. The van der Waals surface area contributed by atoms with Crippen molar-refractivity contribution in [3.63, 3.8) is 0 Å². The molecule has 0 aliphatic heterocycles. The molecule has 0 spiro atoms. The van der Waals surface area contributed by atoms with Crippen molar-refractivity contribution in [1.29, 1.82) is 0 Å². The summed E-state index contributed by atoms with van der Waals surface area (Å²) in [5, 5.41) is 0. The van der Waals surface area contributed by atoms with E-state index < -0.39 is 46.1 Å². The number of rotatable bonds is 5. The van der Waals surface area contributed by atoms with Crippen LogP contribution in [0.4, 0.5) is 30.7 Å². The average Bonchev–Trinajstić information content (AvgIpc) is 2.66. The number of halogens is 7. The molecule has 0 heterocycles. The quantitative estimate of drug-likeness (QED) is 0.351. The standard InChI is InChI=1S/C22H20F7/c1-2-3-12-4-6-13(7-5-12)14-10-17(24)19(18(25)11-14)22(28,29)15-8-9-16(23)21(27)20(15)26/h9-13H,2-7H2,1H3/t12-,13-. The third-order valence-electron chi connectivity index (χ3n) is 5.67. The van der Waals surface area contributed by atoms with Crippen molar-refractivity contribution in [2.75, 3.05) is 0 Å². The summed E-state index contributed by atoms with van der Waals surface area (Å²) >= 11 is 0. The predicted molar refractivity (Wildman–Crippen MR) is 94.1 cm³/mol. The van der Waals surface area contributed by atoms with Crippen molar-refractivity contribution >= 4 is 0 Å². The van der Waals surface area contributed by atoms with Crippen LogP contribution in [0.5, 0.6) is 0 Å². The highest BCUT2D eigenvalue weighted by Gasteiger charge is 2.44. The van der Waals surface area contributed by atoms with Crippen LogP contribution in [0.25, 0.3) is 0 Å². The third kappa shape index (κ3) is 4.14. The Balaban J connectivity index is 1.93. The van der Waals surface area contributed by atoms with Crippen LogP contribution in [0, 0.1) is 41.1 Å². The van der Waals surface area contributed by atoms with Crippen molar-refractivity contribution in [1.82, 2.24) is 0 Å². The van der Waals surface area contributed by atoms with Crippen LogP contribution in [0.2, 0.25) is 0 Å². The van der Waals surface area contributed by atoms with Gasteiger partial charge in [0.1, 0.15) is 11.6 Å². The van der Waals surface area contributed by atoms with Gasteiger partial charge in [0.2, 0.25) is 0 Å². The minimum absolute atomic E-state index is 0.152. The minimum atomic E-state index is -4.57. The summed E-state index contributed by atoms with van der Waals surface area (Å²) in [7, 11) is 0. The van der Waals surface area contributed by atoms with Gasteiger partial charge in [0.15, 0.2) is 17.5 Å². The Morgan fingerprint density at radius 1 is 0.897 bits per heavy atom. The van der Waals surface area contributed by atoms with E-state index in [2.05, 4.69) is 6.92 Å². The molecule has 29 heavy (non-hydrogen) atoms. The van der Waals surface area contributed by atoms with E-state index >= 15 is 0 Å². The number of hydrogen-bond donors (Lipinski definition) is 0. The van der Waals surface area contributed by atoms with Gasteiger partial charge in [-0.05, 0) is 67.3 Å². The molecule has 0 nitrogen and oxygen atoms in total. The van der Waals surface area contributed by atoms with Crippen LogP contribution >= 0.6 is 0 Å². The molecule has 0 N–H and O–H groups in total. The highest BCUT2D eigenvalue weighted by atomic mass is 19.3.